The van der Waals surface area contributed by atoms with Crippen LogP contribution >= 0.6 is 0 Å². The number of nitrogens with two attached hydrogens (primary N) is 4. The fourth-order valence-electron chi connectivity index (χ4n) is 4.68. The Bertz CT molecular complexity index is 1520. The van der Waals surface area contributed by atoms with Crippen LogP contribution in [0.4, 0.5) is 0 Å². The summed E-state index contributed by atoms with van der Waals surface area (Å²) in [5.41, 5.74) is 24.5. The number of nitrogens with zero attached hydrogens (tertiary/aromatic N) is 1. The molecule has 3 rings (SSSR count). The normalized spacial score (nSPS) is 13.5. The lowest BCUT2D eigenvalue weighted by Crippen LogP contribution is -2.58. The van der Waals surface area contributed by atoms with Crippen LogP contribution in [0.2, 0.25) is 0 Å². The standard InChI is InChI=1S/C30H39N9O6/c31-20(14-18-16-36-21-10-5-4-9-19(18)21)26(41)38-23(13-17-7-2-1-3-8-17)27(42)39-24(15-25(32)40)28(43)37-22(29(44)45)11-6-12-35-30(33)34/h1-5,7-10,16,20,22-24,36H,6,11-15,31H2,(H2,32,40)(H,37,43)(H,38,41)(H,39,42)(H,44,45)(H4,33,34,35). The number of carbonyl (C=O) groups is 5. The Balaban J connectivity index is 1.74. The molecule has 0 bridgehead atoms. The number of carboxylic acid groups (broad SMARTS) is 1. The summed E-state index contributed by atoms with van der Waals surface area (Å²) < 4.78 is 0. The number of fused-ring (bicyclic) bond motifs is 1. The number of aromatic nitrogens is 1. The van der Waals surface area contributed by atoms with Crippen molar-refractivity contribution in [1.29, 1.82) is 0 Å². The fraction of sp³-hybridized carbons (Fsp3) is 0.333. The van der Waals surface area contributed by atoms with Crippen LogP contribution in [0.1, 0.15) is 30.4 Å². The van der Waals surface area contributed by atoms with Crippen molar-refractivity contribution in [2.24, 2.45) is 27.9 Å². The molecule has 0 radical (unpaired) electrons. The highest BCUT2D eigenvalue weighted by atomic mass is 16.4. The molecule has 240 valence electrons. The zero-order valence-electron chi connectivity index (χ0n) is 24.6. The van der Waals surface area contributed by atoms with Gasteiger partial charge in [-0.25, -0.2) is 4.79 Å². The lowest BCUT2D eigenvalue weighted by molar-refractivity contribution is -0.142. The molecule has 2 aromatic carbocycles. The van der Waals surface area contributed by atoms with Crippen molar-refractivity contribution >= 4 is 46.5 Å². The molecule has 4 atom stereocenters. The summed E-state index contributed by atoms with van der Waals surface area (Å²) in [7, 11) is 0. The number of H-pyrrole nitrogens is 1. The molecule has 3 aromatic rings. The summed E-state index contributed by atoms with van der Waals surface area (Å²) in [6.45, 7) is 0.132. The first kappa shape index (κ1) is 34.1. The van der Waals surface area contributed by atoms with Gasteiger partial charge in [0.1, 0.15) is 18.1 Å². The number of rotatable bonds is 17. The molecule has 1 heterocycles. The van der Waals surface area contributed by atoms with Crippen LogP contribution in [0.15, 0.2) is 65.8 Å². The van der Waals surface area contributed by atoms with E-state index in [1.807, 2.05) is 24.3 Å². The molecule has 4 amide bonds. The van der Waals surface area contributed by atoms with Gasteiger partial charge in [0.2, 0.25) is 23.6 Å². The van der Waals surface area contributed by atoms with Gasteiger partial charge in [-0.15, -0.1) is 0 Å². The molecule has 0 aliphatic carbocycles. The number of carbonyl (C=O) groups excluding carboxylic acids is 4. The van der Waals surface area contributed by atoms with Gasteiger partial charge in [0, 0.05) is 30.1 Å². The monoisotopic (exact) mass is 621 g/mol. The first-order chi connectivity index (χ1) is 21.4. The first-order valence-corrected chi connectivity index (χ1v) is 14.3. The number of carboxylic acids is 1. The summed E-state index contributed by atoms with van der Waals surface area (Å²) in [6.07, 6.45) is 1.56. The third-order valence-electron chi connectivity index (χ3n) is 6.97. The van der Waals surface area contributed by atoms with Crippen LogP contribution in [0.3, 0.4) is 0 Å². The van der Waals surface area contributed by atoms with Crippen LogP contribution in [0.5, 0.6) is 0 Å². The minimum absolute atomic E-state index is 0.0316. The average molecular weight is 622 g/mol. The fourth-order valence-corrected chi connectivity index (χ4v) is 4.68. The Hall–Kier alpha value is -5.44. The summed E-state index contributed by atoms with van der Waals surface area (Å²) in [5, 5.41) is 17.9. The zero-order valence-corrected chi connectivity index (χ0v) is 24.6. The van der Waals surface area contributed by atoms with Gasteiger partial charge >= 0.3 is 5.97 Å². The number of benzene rings is 2. The van der Waals surface area contributed by atoms with E-state index in [0.29, 0.717) is 5.56 Å². The number of nitrogens with one attached hydrogen (secondary N) is 4. The van der Waals surface area contributed by atoms with E-state index in [4.69, 9.17) is 22.9 Å². The Kier molecular flexibility index (Phi) is 12.4. The van der Waals surface area contributed by atoms with Crippen molar-refractivity contribution in [1.82, 2.24) is 20.9 Å². The third-order valence-corrected chi connectivity index (χ3v) is 6.97. The first-order valence-electron chi connectivity index (χ1n) is 14.3. The molecular weight excluding hydrogens is 582 g/mol. The summed E-state index contributed by atoms with van der Waals surface area (Å²) in [5.74, 6) is -4.77. The predicted molar refractivity (Wildman–Crippen MR) is 167 cm³/mol. The van der Waals surface area contributed by atoms with Crippen molar-refractivity contribution < 1.29 is 29.1 Å². The van der Waals surface area contributed by atoms with Crippen LogP contribution in [-0.2, 0) is 36.8 Å². The van der Waals surface area contributed by atoms with Gasteiger partial charge in [0.15, 0.2) is 5.96 Å². The number of primary amides is 1. The Labute approximate surface area is 259 Å². The molecular formula is C30H39N9O6. The predicted octanol–water partition coefficient (Wildman–Crippen LogP) is -1.25. The van der Waals surface area contributed by atoms with Crippen molar-refractivity contribution in [2.75, 3.05) is 6.54 Å². The van der Waals surface area contributed by atoms with Crippen LogP contribution in [0.25, 0.3) is 10.9 Å². The van der Waals surface area contributed by atoms with E-state index in [9.17, 15) is 29.1 Å². The molecule has 15 heteroatoms. The number of amides is 4. The molecule has 0 fully saturated rings. The van der Waals surface area contributed by atoms with Gasteiger partial charge in [0.05, 0.1) is 12.5 Å². The number of aromatic amines is 1. The number of aliphatic carboxylic acids is 1. The summed E-state index contributed by atoms with van der Waals surface area (Å²) in [6, 6.07) is 11.3. The van der Waals surface area contributed by atoms with Gasteiger partial charge < -0.3 is 49.0 Å². The highest BCUT2D eigenvalue weighted by molar-refractivity contribution is 5.96. The second-order valence-electron chi connectivity index (χ2n) is 10.5. The SMILES string of the molecule is NC(=O)CC(NC(=O)C(Cc1ccccc1)NC(=O)C(N)Cc1c[nH]c2ccccc12)C(=O)NC(CCCN=C(N)N)C(=O)O. The van der Waals surface area contributed by atoms with E-state index in [0.717, 1.165) is 16.5 Å². The van der Waals surface area contributed by atoms with Crippen LogP contribution in [-0.4, -0.2) is 76.4 Å². The molecule has 15 nitrogen and oxygen atoms in total. The second-order valence-corrected chi connectivity index (χ2v) is 10.5. The maximum absolute atomic E-state index is 13.5. The van der Waals surface area contributed by atoms with Gasteiger partial charge in [-0.3, -0.25) is 24.2 Å². The Morgan fingerprint density at radius 3 is 2.09 bits per heavy atom. The van der Waals surface area contributed by atoms with Crippen molar-refractivity contribution in [3.05, 3.63) is 71.9 Å². The highest BCUT2D eigenvalue weighted by Crippen LogP contribution is 2.19. The van der Waals surface area contributed by atoms with E-state index in [1.54, 1.807) is 36.5 Å². The number of aliphatic imine (C=N–C) groups is 1. The lowest BCUT2D eigenvalue weighted by Gasteiger charge is -2.25. The molecule has 4 unspecified atom stereocenters. The zero-order chi connectivity index (χ0) is 32.9. The molecule has 45 heavy (non-hydrogen) atoms. The molecule has 0 aliphatic heterocycles. The van der Waals surface area contributed by atoms with E-state index < -0.39 is 60.2 Å². The number of hydrogen-bond acceptors (Lipinski definition) is 7. The van der Waals surface area contributed by atoms with Gasteiger partial charge in [-0.2, -0.15) is 0 Å². The molecule has 0 spiro atoms. The number of hydrogen-bond donors (Lipinski definition) is 9. The topological polar surface area (TPSA) is 274 Å². The second kappa shape index (κ2) is 16.4. The van der Waals surface area contributed by atoms with Gasteiger partial charge in [-0.1, -0.05) is 48.5 Å². The molecule has 0 saturated heterocycles. The lowest BCUT2D eigenvalue weighted by atomic mass is 10.0. The minimum atomic E-state index is -1.52. The van der Waals surface area contributed by atoms with E-state index in [1.165, 1.54) is 0 Å². The quantitative estimate of drug-likeness (QED) is 0.0494. The average Bonchev–Trinajstić information content (AvgIpc) is 3.40. The minimum Gasteiger partial charge on any atom is -0.480 e. The summed E-state index contributed by atoms with van der Waals surface area (Å²) >= 11 is 0. The molecule has 1 aromatic heterocycles. The molecule has 13 N–H and O–H groups in total. The number of para-hydroxylation sites is 1. The number of guanidine groups is 1. The largest absolute Gasteiger partial charge is 0.480 e. The smallest absolute Gasteiger partial charge is 0.326 e. The maximum Gasteiger partial charge on any atom is 0.326 e. The Morgan fingerprint density at radius 2 is 1.42 bits per heavy atom. The van der Waals surface area contributed by atoms with E-state index >= 15 is 0 Å². The van der Waals surface area contributed by atoms with Gasteiger partial charge in [-0.05, 0) is 36.5 Å². The van der Waals surface area contributed by atoms with E-state index in [2.05, 4.69) is 25.9 Å². The van der Waals surface area contributed by atoms with Gasteiger partial charge in [0.25, 0.3) is 0 Å². The van der Waals surface area contributed by atoms with Crippen LogP contribution < -0.4 is 38.9 Å². The maximum atomic E-state index is 13.5. The Morgan fingerprint density at radius 1 is 0.800 bits per heavy atom. The van der Waals surface area contributed by atoms with Crippen LogP contribution in [0, 0.1) is 0 Å². The summed E-state index contributed by atoms with van der Waals surface area (Å²) in [4.78, 5) is 70.3. The molecule has 0 saturated carbocycles. The van der Waals surface area contributed by atoms with Crippen molar-refractivity contribution in [3.63, 3.8) is 0 Å². The van der Waals surface area contributed by atoms with Crippen molar-refractivity contribution in [3.8, 4) is 0 Å². The molecule has 0 aliphatic rings. The van der Waals surface area contributed by atoms with E-state index in [-0.39, 0.29) is 38.2 Å². The van der Waals surface area contributed by atoms with Crippen molar-refractivity contribution in [2.45, 2.75) is 56.3 Å². The third kappa shape index (κ3) is 10.7. The highest BCUT2D eigenvalue weighted by Gasteiger charge is 2.31.